The van der Waals surface area contributed by atoms with Gasteiger partial charge in [0.05, 0.1) is 31.2 Å². The summed E-state index contributed by atoms with van der Waals surface area (Å²) in [6.45, 7) is 3.92. The molecule has 1 saturated heterocycles. The second-order valence-corrected chi connectivity index (χ2v) is 8.81. The van der Waals surface area contributed by atoms with Gasteiger partial charge in [0.25, 0.3) is 5.91 Å². The molecule has 2 fully saturated rings. The number of piperazine rings is 1. The van der Waals surface area contributed by atoms with E-state index in [0.29, 0.717) is 32.2 Å². The molecule has 0 bridgehead atoms. The Morgan fingerprint density at radius 3 is 2.50 bits per heavy atom. The van der Waals surface area contributed by atoms with Crippen molar-refractivity contribution in [2.24, 2.45) is 0 Å². The van der Waals surface area contributed by atoms with Crippen LogP contribution in [0.4, 0.5) is 0 Å². The number of carbonyl (C=O) groups excluding carboxylic acids is 1. The largest absolute Gasteiger partial charge is 0.348 e. The number of nitrogens with one attached hydrogen (secondary N) is 2. The van der Waals surface area contributed by atoms with Gasteiger partial charge in [-0.15, -0.1) is 0 Å². The zero-order valence-corrected chi connectivity index (χ0v) is 15.2. The van der Waals surface area contributed by atoms with Gasteiger partial charge >= 0.3 is 0 Å². The fraction of sp³-hybridized carbons (Fsp3) is 0.562. The first-order valence-corrected chi connectivity index (χ1v) is 10.1. The number of benzene rings is 1. The number of amides is 1. The van der Waals surface area contributed by atoms with E-state index in [-0.39, 0.29) is 21.9 Å². The van der Waals surface area contributed by atoms with E-state index in [1.807, 2.05) is 6.92 Å². The van der Waals surface area contributed by atoms with E-state index in [9.17, 15) is 13.2 Å². The van der Waals surface area contributed by atoms with Crippen molar-refractivity contribution in [2.45, 2.75) is 36.7 Å². The van der Waals surface area contributed by atoms with E-state index in [1.54, 1.807) is 18.2 Å². The second-order valence-electron chi connectivity index (χ2n) is 6.50. The fourth-order valence-electron chi connectivity index (χ4n) is 2.98. The third kappa shape index (κ3) is 3.74. The molecule has 1 heterocycles. The maximum absolute atomic E-state index is 12.7. The molecule has 2 N–H and O–H groups in total. The standard InChI is InChI=1S/C16H22ClN3O3S/c1-12(16(21)18-13-6-7-13)19-8-10-20(11-9-19)24(22,23)15-5-3-2-4-14(15)17/h2-5,12-13H,6-11H2,1H3,(H,18,21)/p+1/t12-/m1/s1. The minimum Gasteiger partial charge on any atom is -0.348 e. The number of carbonyl (C=O) groups is 1. The number of halogens is 1. The average Bonchev–Trinajstić information content (AvgIpc) is 3.38. The van der Waals surface area contributed by atoms with Gasteiger partial charge in [-0.2, -0.15) is 4.31 Å². The van der Waals surface area contributed by atoms with Gasteiger partial charge in [-0.05, 0) is 31.9 Å². The third-order valence-electron chi connectivity index (χ3n) is 4.75. The van der Waals surface area contributed by atoms with E-state index in [4.69, 9.17) is 11.6 Å². The predicted octanol–water partition coefficient (Wildman–Crippen LogP) is -0.104. The van der Waals surface area contributed by atoms with Crippen LogP contribution < -0.4 is 10.2 Å². The summed E-state index contributed by atoms with van der Waals surface area (Å²) in [5, 5.41) is 3.26. The smallest absolute Gasteiger partial charge is 0.278 e. The van der Waals surface area contributed by atoms with E-state index < -0.39 is 10.0 Å². The van der Waals surface area contributed by atoms with E-state index in [1.165, 1.54) is 10.4 Å². The number of hydrogen-bond acceptors (Lipinski definition) is 3. The van der Waals surface area contributed by atoms with Gasteiger partial charge in [0.15, 0.2) is 6.04 Å². The molecule has 0 unspecified atom stereocenters. The number of sulfonamides is 1. The SMILES string of the molecule is C[C@H](C(=O)NC1CC1)[NH+]1CCN(S(=O)(=O)c2ccccc2Cl)CC1. The number of nitrogens with zero attached hydrogens (tertiary/aromatic N) is 1. The zero-order valence-electron chi connectivity index (χ0n) is 13.7. The molecule has 1 aliphatic carbocycles. The molecule has 1 aliphatic heterocycles. The molecule has 1 amide bonds. The van der Waals surface area contributed by atoms with E-state index in [0.717, 1.165) is 17.7 Å². The van der Waals surface area contributed by atoms with Crippen molar-refractivity contribution in [2.75, 3.05) is 26.2 Å². The Labute approximate surface area is 147 Å². The molecule has 0 radical (unpaired) electrons. The summed E-state index contributed by atoms with van der Waals surface area (Å²) in [5.74, 6) is 0.0647. The molecule has 0 aromatic heterocycles. The minimum atomic E-state index is -3.58. The van der Waals surface area contributed by atoms with Crippen molar-refractivity contribution in [1.82, 2.24) is 9.62 Å². The van der Waals surface area contributed by atoms with Gasteiger partial charge in [0.2, 0.25) is 10.0 Å². The van der Waals surface area contributed by atoms with Crippen molar-refractivity contribution in [1.29, 1.82) is 0 Å². The van der Waals surface area contributed by atoms with Crippen molar-refractivity contribution in [3.63, 3.8) is 0 Å². The summed E-state index contributed by atoms with van der Waals surface area (Å²) in [4.78, 5) is 13.4. The quantitative estimate of drug-likeness (QED) is 0.758. The highest BCUT2D eigenvalue weighted by Gasteiger charge is 2.36. The van der Waals surface area contributed by atoms with Gasteiger partial charge < -0.3 is 10.2 Å². The molecular weight excluding hydrogens is 350 g/mol. The van der Waals surface area contributed by atoms with Crippen LogP contribution in [0, 0.1) is 0 Å². The van der Waals surface area contributed by atoms with Crippen LogP contribution in [0.3, 0.4) is 0 Å². The van der Waals surface area contributed by atoms with Gasteiger partial charge in [-0.1, -0.05) is 23.7 Å². The lowest BCUT2D eigenvalue weighted by molar-refractivity contribution is -0.917. The van der Waals surface area contributed by atoms with E-state index >= 15 is 0 Å². The molecular formula is C16H23ClN3O3S+. The molecule has 24 heavy (non-hydrogen) atoms. The lowest BCUT2D eigenvalue weighted by Crippen LogP contribution is -3.19. The Hall–Kier alpha value is -1.15. The number of quaternary nitrogens is 1. The van der Waals surface area contributed by atoms with Crippen molar-refractivity contribution < 1.29 is 18.1 Å². The molecule has 1 atom stereocenters. The average molecular weight is 373 g/mol. The fourth-order valence-corrected chi connectivity index (χ4v) is 4.91. The number of rotatable bonds is 5. The summed E-state index contributed by atoms with van der Waals surface area (Å²) in [5.41, 5.74) is 0. The molecule has 2 aliphatic rings. The van der Waals surface area contributed by atoms with Gasteiger partial charge in [-0.3, -0.25) is 4.79 Å². The highest BCUT2D eigenvalue weighted by atomic mass is 35.5. The summed E-state index contributed by atoms with van der Waals surface area (Å²) in [6.07, 6.45) is 2.13. The Kier molecular flexibility index (Phi) is 5.15. The van der Waals surface area contributed by atoms with Gasteiger partial charge in [0, 0.05) is 6.04 Å². The summed E-state index contributed by atoms with van der Waals surface area (Å²) >= 11 is 6.04. The van der Waals surface area contributed by atoms with Crippen LogP contribution in [-0.4, -0.2) is 56.9 Å². The topological polar surface area (TPSA) is 70.9 Å². The van der Waals surface area contributed by atoms with Crippen LogP contribution >= 0.6 is 11.6 Å². The van der Waals surface area contributed by atoms with Crippen LogP contribution in [0.25, 0.3) is 0 Å². The first-order chi connectivity index (χ1) is 11.4. The van der Waals surface area contributed by atoms with Crippen LogP contribution in [0.1, 0.15) is 19.8 Å². The lowest BCUT2D eigenvalue weighted by atomic mass is 10.2. The molecule has 6 nitrogen and oxygen atoms in total. The summed E-state index contributed by atoms with van der Waals surface area (Å²) < 4.78 is 26.9. The molecule has 1 aromatic rings. The maximum atomic E-state index is 12.7. The van der Waals surface area contributed by atoms with Crippen LogP contribution in [0.2, 0.25) is 5.02 Å². The highest BCUT2D eigenvalue weighted by molar-refractivity contribution is 7.89. The summed E-state index contributed by atoms with van der Waals surface area (Å²) in [7, 11) is -3.58. The van der Waals surface area contributed by atoms with Gasteiger partial charge in [0.1, 0.15) is 4.90 Å². The maximum Gasteiger partial charge on any atom is 0.278 e. The van der Waals surface area contributed by atoms with Gasteiger partial charge in [-0.25, -0.2) is 8.42 Å². The van der Waals surface area contributed by atoms with Crippen LogP contribution in [0.15, 0.2) is 29.2 Å². The van der Waals surface area contributed by atoms with Crippen LogP contribution in [-0.2, 0) is 14.8 Å². The normalized spacial score (nSPS) is 21.4. The molecule has 1 aromatic carbocycles. The molecule has 3 rings (SSSR count). The Balaban J connectivity index is 1.62. The lowest BCUT2D eigenvalue weighted by Gasteiger charge is -2.34. The third-order valence-corrected chi connectivity index (χ3v) is 7.15. The first kappa shape index (κ1) is 17.7. The zero-order chi connectivity index (χ0) is 17.3. The van der Waals surface area contributed by atoms with Crippen molar-refractivity contribution in [3.8, 4) is 0 Å². The Bertz CT molecular complexity index is 713. The monoisotopic (exact) mass is 372 g/mol. The molecule has 1 saturated carbocycles. The first-order valence-electron chi connectivity index (χ1n) is 8.29. The molecule has 0 spiro atoms. The van der Waals surface area contributed by atoms with Crippen molar-refractivity contribution >= 4 is 27.5 Å². The predicted molar refractivity (Wildman–Crippen MR) is 91.5 cm³/mol. The van der Waals surface area contributed by atoms with E-state index in [2.05, 4.69) is 5.32 Å². The second kappa shape index (κ2) is 7.00. The summed E-state index contributed by atoms with van der Waals surface area (Å²) in [6, 6.07) is 6.69. The Morgan fingerprint density at radius 2 is 1.92 bits per heavy atom. The number of hydrogen-bond donors (Lipinski definition) is 2. The highest BCUT2D eigenvalue weighted by Crippen LogP contribution is 2.24. The minimum absolute atomic E-state index is 0.0647. The Morgan fingerprint density at radius 1 is 1.29 bits per heavy atom. The molecule has 8 heteroatoms. The molecule has 132 valence electrons. The van der Waals surface area contributed by atoms with Crippen LogP contribution in [0.5, 0.6) is 0 Å². The van der Waals surface area contributed by atoms with Crippen molar-refractivity contribution in [3.05, 3.63) is 29.3 Å².